The number of carbonyl (C=O) groups excluding carboxylic acids is 1. The number of rotatable bonds is 6. The van der Waals surface area contributed by atoms with Gasteiger partial charge in [0.15, 0.2) is 4.34 Å². The lowest BCUT2D eigenvalue weighted by Crippen LogP contribution is -2.14. The van der Waals surface area contributed by atoms with Gasteiger partial charge in [0, 0.05) is 22.5 Å². The van der Waals surface area contributed by atoms with Crippen LogP contribution in [0.4, 0.5) is 24.5 Å². The number of thiazole rings is 1. The largest absolute Gasteiger partial charge is 0.506 e. The van der Waals surface area contributed by atoms with E-state index in [1.54, 1.807) is 18.2 Å². The molecule has 0 bridgehead atoms. The molecule has 0 spiro atoms. The first-order valence-electron chi connectivity index (χ1n) is 9.81. The summed E-state index contributed by atoms with van der Waals surface area (Å²) in [6.07, 6.45) is -3.04. The molecular formula is C23H14Cl2F3N3O2S2. The van der Waals surface area contributed by atoms with E-state index < -0.39 is 17.6 Å². The van der Waals surface area contributed by atoms with Crippen molar-refractivity contribution in [2.75, 3.05) is 11.1 Å². The first-order valence-corrected chi connectivity index (χ1v) is 12.4. The highest BCUT2D eigenvalue weighted by Gasteiger charge is 2.30. The second-order valence-electron chi connectivity index (χ2n) is 7.13. The van der Waals surface area contributed by atoms with Crippen LogP contribution in [-0.4, -0.2) is 28.0 Å². The Bertz CT molecular complexity index is 1440. The minimum absolute atomic E-state index is 0.0180. The van der Waals surface area contributed by atoms with Crippen LogP contribution in [0.5, 0.6) is 5.75 Å². The van der Waals surface area contributed by atoms with Crippen LogP contribution in [0.2, 0.25) is 10.0 Å². The van der Waals surface area contributed by atoms with Crippen molar-refractivity contribution in [3.05, 3.63) is 75.8 Å². The van der Waals surface area contributed by atoms with Crippen molar-refractivity contribution in [3.8, 4) is 5.75 Å². The van der Waals surface area contributed by atoms with Crippen LogP contribution < -0.4 is 5.32 Å². The molecule has 0 aliphatic carbocycles. The van der Waals surface area contributed by atoms with Gasteiger partial charge < -0.3 is 10.4 Å². The van der Waals surface area contributed by atoms with Gasteiger partial charge in [0.1, 0.15) is 5.75 Å². The van der Waals surface area contributed by atoms with Crippen LogP contribution >= 0.6 is 46.3 Å². The summed E-state index contributed by atoms with van der Waals surface area (Å²) in [5.41, 5.74) is 0.930. The summed E-state index contributed by atoms with van der Waals surface area (Å²) < 4.78 is 40.0. The molecule has 0 atom stereocenters. The Balaban J connectivity index is 1.41. The maximum Gasteiger partial charge on any atom is 0.416 e. The van der Waals surface area contributed by atoms with Crippen molar-refractivity contribution in [2.24, 2.45) is 4.99 Å². The first kappa shape index (κ1) is 25.3. The minimum Gasteiger partial charge on any atom is -0.506 e. The molecule has 5 nitrogen and oxygen atoms in total. The summed E-state index contributed by atoms with van der Waals surface area (Å²) in [4.78, 5) is 21.0. The minimum atomic E-state index is -4.49. The molecule has 0 aliphatic heterocycles. The maximum atomic E-state index is 12.8. The number of aromatic hydroxyl groups is 1. The SMILES string of the molecule is O=C(CSc1nc2ccc(N=Cc3cc(Cl)cc(Cl)c3O)cc2s1)Nc1cccc(C(F)(F)F)c1. The number of benzene rings is 3. The number of nitrogens with zero attached hydrogens (tertiary/aromatic N) is 2. The van der Waals surface area contributed by atoms with Crippen molar-refractivity contribution < 1.29 is 23.1 Å². The average molecular weight is 556 g/mol. The zero-order valence-electron chi connectivity index (χ0n) is 17.4. The molecule has 1 heterocycles. The standard InChI is InChI=1S/C23H14Cl2F3N3O2S2/c24-14-6-12(21(33)17(25)8-14)10-29-15-4-5-18-19(9-15)35-22(31-18)34-11-20(32)30-16-3-1-2-13(7-16)23(26,27)28/h1-10,33H,11H2,(H,30,32). The van der Waals surface area contributed by atoms with Crippen LogP contribution in [0.25, 0.3) is 10.2 Å². The fourth-order valence-corrected chi connectivity index (χ4v) is 5.37. The molecule has 0 fully saturated rings. The van der Waals surface area contributed by atoms with E-state index >= 15 is 0 Å². The second-order valence-corrected chi connectivity index (χ2v) is 10.2. The molecule has 4 aromatic rings. The molecule has 1 amide bonds. The Morgan fingerprint density at radius 1 is 1.17 bits per heavy atom. The Morgan fingerprint density at radius 3 is 2.74 bits per heavy atom. The summed E-state index contributed by atoms with van der Waals surface area (Å²) >= 11 is 14.4. The lowest BCUT2D eigenvalue weighted by Gasteiger charge is -2.09. The number of phenolic OH excluding ortho intramolecular Hbond substituents is 1. The number of aliphatic imine (C=N–C) groups is 1. The molecule has 35 heavy (non-hydrogen) atoms. The van der Waals surface area contributed by atoms with E-state index in [4.69, 9.17) is 23.2 Å². The van der Waals surface area contributed by atoms with Crippen molar-refractivity contribution in [3.63, 3.8) is 0 Å². The van der Waals surface area contributed by atoms with Crippen LogP contribution in [-0.2, 0) is 11.0 Å². The molecular weight excluding hydrogens is 542 g/mol. The number of thioether (sulfide) groups is 1. The maximum absolute atomic E-state index is 12.8. The Morgan fingerprint density at radius 2 is 1.97 bits per heavy atom. The molecule has 4 rings (SSSR count). The van der Waals surface area contributed by atoms with Crippen molar-refractivity contribution in [2.45, 2.75) is 10.5 Å². The third-order valence-corrected chi connectivity index (χ3v) is 7.23. The summed E-state index contributed by atoms with van der Waals surface area (Å²) in [7, 11) is 0. The fourth-order valence-electron chi connectivity index (χ4n) is 2.96. The monoisotopic (exact) mass is 555 g/mol. The van der Waals surface area contributed by atoms with Gasteiger partial charge in [0.05, 0.1) is 32.2 Å². The van der Waals surface area contributed by atoms with E-state index in [0.29, 0.717) is 26.1 Å². The summed E-state index contributed by atoms with van der Waals surface area (Å²) in [5.74, 6) is -0.588. The predicted molar refractivity (Wildman–Crippen MR) is 136 cm³/mol. The molecule has 0 aliphatic rings. The Hall–Kier alpha value is -2.79. The lowest BCUT2D eigenvalue weighted by molar-refractivity contribution is -0.137. The van der Waals surface area contributed by atoms with E-state index in [1.807, 2.05) is 0 Å². The molecule has 1 aromatic heterocycles. The van der Waals surface area contributed by atoms with Gasteiger partial charge in [-0.25, -0.2) is 4.98 Å². The van der Waals surface area contributed by atoms with Gasteiger partial charge in [0.2, 0.25) is 5.91 Å². The molecule has 0 saturated carbocycles. The summed E-state index contributed by atoms with van der Waals surface area (Å²) in [5, 5.41) is 13.0. The predicted octanol–water partition coefficient (Wildman–Crippen LogP) is 7.81. The highest BCUT2D eigenvalue weighted by atomic mass is 35.5. The second kappa shape index (κ2) is 10.4. The van der Waals surface area contributed by atoms with Gasteiger partial charge >= 0.3 is 6.18 Å². The van der Waals surface area contributed by atoms with Crippen molar-refractivity contribution in [1.82, 2.24) is 4.98 Å². The number of amides is 1. The number of phenols is 1. The number of hydrogen-bond acceptors (Lipinski definition) is 6. The Kier molecular flexibility index (Phi) is 7.56. The smallest absolute Gasteiger partial charge is 0.416 e. The zero-order valence-corrected chi connectivity index (χ0v) is 20.6. The van der Waals surface area contributed by atoms with E-state index in [-0.39, 0.29) is 22.2 Å². The number of alkyl halides is 3. The highest BCUT2D eigenvalue weighted by molar-refractivity contribution is 8.01. The van der Waals surface area contributed by atoms with Crippen LogP contribution in [0.3, 0.4) is 0 Å². The van der Waals surface area contributed by atoms with E-state index in [9.17, 15) is 23.1 Å². The van der Waals surface area contributed by atoms with E-state index in [2.05, 4.69) is 15.3 Å². The number of hydrogen-bond donors (Lipinski definition) is 2. The molecule has 0 saturated heterocycles. The first-order chi connectivity index (χ1) is 16.6. The molecule has 0 unspecified atom stereocenters. The van der Waals surface area contributed by atoms with Crippen LogP contribution in [0, 0.1) is 0 Å². The van der Waals surface area contributed by atoms with Crippen LogP contribution in [0.1, 0.15) is 11.1 Å². The van der Waals surface area contributed by atoms with Crippen LogP contribution in [0.15, 0.2) is 63.9 Å². The molecule has 12 heteroatoms. The number of nitrogens with one attached hydrogen (secondary N) is 1. The normalized spacial score (nSPS) is 11.9. The van der Waals surface area contributed by atoms with E-state index in [1.165, 1.54) is 53.6 Å². The summed E-state index contributed by atoms with van der Waals surface area (Å²) in [6, 6.07) is 12.8. The number of anilines is 1. The lowest BCUT2D eigenvalue weighted by atomic mass is 10.2. The third-order valence-electron chi connectivity index (χ3n) is 4.56. The fraction of sp³-hybridized carbons (Fsp3) is 0.0870. The van der Waals surface area contributed by atoms with Gasteiger partial charge in [-0.2, -0.15) is 13.2 Å². The van der Waals surface area contributed by atoms with Gasteiger partial charge in [0.25, 0.3) is 0 Å². The summed E-state index contributed by atoms with van der Waals surface area (Å²) in [6.45, 7) is 0. The number of halogens is 5. The zero-order chi connectivity index (χ0) is 25.2. The van der Waals surface area contributed by atoms with Gasteiger partial charge in [-0.1, -0.05) is 41.0 Å². The number of carbonyl (C=O) groups is 1. The molecule has 0 radical (unpaired) electrons. The quantitative estimate of drug-likeness (QED) is 0.188. The van der Waals surface area contributed by atoms with E-state index in [0.717, 1.165) is 16.8 Å². The van der Waals surface area contributed by atoms with Gasteiger partial charge in [-0.15, -0.1) is 11.3 Å². The molecule has 3 aromatic carbocycles. The van der Waals surface area contributed by atoms with Crippen molar-refractivity contribution >= 4 is 80.0 Å². The molecule has 180 valence electrons. The number of aromatic nitrogens is 1. The number of fused-ring (bicyclic) bond motifs is 1. The Labute approximate surface area is 215 Å². The third kappa shape index (κ3) is 6.46. The van der Waals surface area contributed by atoms with Gasteiger partial charge in [-0.3, -0.25) is 9.79 Å². The average Bonchev–Trinajstić information content (AvgIpc) is 3.21. The topological polar surface area (TPSA) is 74.6 Å². The molecule has 2 N–H and O–H groups in total. The highest BCUT2D eigenvalue weighted by Crippen LogP contribution is 2.34. The van der Waals surface area contributed by atoms with Crippen molar-refractivity contribution in [1.29, 1.82) is 0 Å². The van der Waals surface area contributed by atoms with Gasteiger partial charge in [-0.05, 0) is 48.5 Å².